The Morgan fingerprint density at radius 2 is 1.86 bits per heavy atom. The number of likely N-dealkylation sites (tertiary alicyclic amines) is 1. The summed E-state index contributed by atoms with van der Waals surface area (Å²) in [6.45, 7) is 0.683. The van der Waals surface area contributed by atoms with Crippen LogP contribution in [0.5, 0.6) is 5.75 Å². The van der Waals surface area contributed by atoms with Gasteiger partial charge in [-0.05, 0) is 29.8 Å². The molecule has 2 aromatic carbocycles. The lowest BCUT2D eigenvalue weighted by atomic mass is 10.0. The third-order valence-electron chi connectivity index (χ3n) is 3.87. The van der Waals surface area contributed by atoms with Gasteiger partial charge in [0.05, 0.1) is 13.2 Å². The van der Waals surface area contributed by atoms with Crippen molar-refractivity contribution in [2.24, 2.45) is 0 Å². The Morgan fingerprint density at radius 3 is 2.50 bits per heavy atom. The molecule has 1 amide bonds. The van der Waals surface area contributed by atoms with Crippen molar-refractivity contribution in [1.29, 1.82) is 0 Å². The van der Waals surface area contributed by atoms with Crippen LogP contribution >= 0.6 is 11.8 Å². The van der Waals surface area contributed by atoms with E-state index in [1.54, 1.807) is 7.11 Å². The Balaban J connectivity index is 1.56. The van der Waals surface area contributed by atoms with Crippen molar-refractivity contribution >= 4 is 17.7 Å². The molecule has 1 heterocycles. The quantitative estimate of drug-likeness (QED) is 0.603. The average molecular weight is 313 g/mol. The molecule has 1 saturated heterocycles. The normalized spacial score (nSPS) is 17.2. The van der Waals surface area contributed by atoms with Crippen molar-refractivity contribution in [1.82, 2.24) is 4.90 Å². The fraction of sp³-hybridized carbons (Fsp3) is 0.278. The molecule has 1 fully saturated rings. The Labute approximate surface area is 135 Å². The largest absolute Gasteiger partial charge is 0.497 e. The molecule has 0 unspecified atom stereocenters. The number of β-lactam (4-membered cyclic amide) rings is 1. The van der Waals surface area contributed by atoms with E-state index in [9.17, 15) is 4.79 Å². The van der Waals surface area contributed by atoms with Gasteiger partial charge in [-0.3, -0.25) is 4.79 Å². The molecule has 0 radical (unpaired) electrons. The molecule has 1 aliphatic heterocycles. The van der Waals surface area contributed by atoms with E-state index in [1.165, 1.54) is 4.90 Å². The summed E-state index contributed by atoms with van der Waals surface area (Å²) in [6, 6.07) is 18.6. The first-order valence-corrected chi connectivity index (χ1v) is 8.35. The summed E-state index contributed by atoms with van der Waals surface area (Å²) in [7, 11) is 1.66. The molecule has 0 spiro atoms. The van der Waals surface area contributed by atoms with Crippen LogP contribution in [0, 0.1) is 0 Å². The zero-order valence-electron chi connectivity index (χ0n) is 12.6. The second-order valence-corrected chi connectivity index (χ2v) is 6.45. The minimum Gasteiger partial charge on any atom is -0.497 e. The minimum absolute atomic E-state index is 0.245. The summed E-state index contributed by atoms with van der Waals surface area (Å²) in [4.78, 5) is 15.1. The van der Waals surface area contributed by atoms with Crippen molar-refractivity contribution in [2.75, 3.05) is 12.9 Å². The average Bonchev–Trinajstić information content (AvgIpc) is 2.58. The maximum Gasteiger partial charge on any atom is 0.225 e. The highest BCUT2D eigenvalue weighted by Gasteiger charge is 2.35. The summed E-state index contributed by atoms with van der Waals surface area (Å²) < 4.78 is 5.16. The number of carbonyl (C=O) groups is 1. The predicted molar refractivity (Wildman–Crippen MR) is 89.1 cm³/mol. The van der Waals surface area contributed by atoms with Crippen LogP contribution in [0.15, 0.2) is 59.5 Å². The van der Waals surface area contributed by atoms with Gasteiger partial charge < -0.3 is 9.64 Å². The maximum atomic E-state index is 11.9. The van der Waals surface area contributed by atoms with Crippen molar-refractivity contribution in [2.45, 2.75) is 23.9 Å². The van der Waals surface area contributed by atoms with Gasteiger partial charge in [0.15, 0.2) is 0 Å². The Morgan fingerprint density at radius 1 is 1.14 bits per heavy atom. The van der Waals surface area contributed by atoms with E-state index < -0.39 is 0 Å². The van der Waals surface area contributed by atoms with E-state index in [0.717, 1.165) is 17.1 Å². The highest BCUT2D eigenvalue weighted by Crippen LogP contribution is 2.28. The summed E-state index contributed by atoms with van der Waals surface area (Å²) in [5.41, 5.74) is 1.14. The van der Waals surface area contributed by atoms with Gasteiger partial charge in [0, 0.05) is 23.6 Å². The number of carbonyl (C=O) groups excluding carboxylic acids is 1. The monoisotopic (exact) mass is 313 g/mol. The molecule has 0 aliphatic carbocycles. The molecule has 22 heavy (non-hydrogen) atoms. The number of ether oxygens (including phenoxy) is 1. The number of thioether (sulfide) groups is 1. The van der Waals surface area contributed by atoms with Crippen LogP contribution < -0.4 is 4.74 Å². The van der Waals surface area contributed by atoms with E-state index in [2.05, 4.69) is 12.1 Å². The van der Waals surface area contributed by atoms with Crippen LogP contribution in [0.1, 0.15) is 12.0 Å². The first kappa shape index (κ1) is 15.0. The number of nitrogens with zero attached hydrogens (tertiary/aromatic N) is 1. The van der Waals surface area contributed by atoms with Crippen LogP contribution in [-0.2, 0) is 11.3 Å². The molecule has 0 aromatic heterocycles. The van der Waals surface area contributed by atoms with Crippen LogP contribution in [0.3, 0.4) is 0 Å². The molecule has 2 aromatic rings. The predicted octanol–water partition coefficient (Wildman–Crippen LogP) is 3.59. The number of amides is 1. The molecular formula is C18H19NO2S. The van der Waals surface area contributed by atoms with E-state index >= 15 is 0 Å². The third kappa shape index (κ3) is 3.45. The van der Waals surface area contributed by atoms with E-state index in [4.69, 9.17) is 4.74 Å². The molecule has 3 nitrogen and oxygen atoms in total. The SMILES string of the molecule is COc1ccc(CN2C(=O)C[C@H]2CSc2ccccc2)cc1. The third-order valence-corrected chi connectivity index (χ3v) is 5.03. The zero-order valence-corrected chi connectivity index (χ0v) is 13.4. The van der Waals surface area contributed by atoms with Gasteiger partial charge in [-0.2, -0.15) is 0 Å². The molecule has 0 bridgehead atoms. The summed E-state index contributed by atoms with van der Waals surface area (Å²) >= 11 is 1.81. The Bertz CT molecular complexity index is 627. The van der Waals surface area contributed by atoms with E-state index in [0.29, 0.717) is 19.0 Å². The van der Waals surface area contributed by atoms with Gasteiger partial charge in [0.1, 0.15) is 5.75 Å². The number of methoxy groups -OCH3 is 1. The summed E-state index contributed by atoms with van der Waals surface area (Å²) in [6.07, 6.45) is 0.663. The first-order chi connectivity index (χ1) is 10.8. The highest BCUT2D eigenvalue weighted by atomic mass is 32.2. The number of hydrogen-bond donors (Lipinski definition) is 0. The van der Waals surface area contributed by atoms with Crippen LogP contribution in [0.25, 0.3) is 0 Å². The zero-order chi connectivity index (χ0) is 15.4. The van der Waals surface area contributed by atoms with Crippen LogP contribution in [0.2, 0.25) is 0 Å². The minimum atomic E-state index is 0.245. The number of hydrogen-bond acceptors (Lipinski definition) is 3. The second-order valence-electron chi connectivity index (χ2n) is 5.35. The Kier molecular flexibility index (Phi) is 4.68. The highest BCUT2D eigenvalue weighted by molar-refractivity contribution is 7.99. The lowest BCUT2D eigenvalue weighted by molar-refractivity contribution is -0.145. The van der Waals surface area contributed by atoms with Gasteiger partial charge in [-0.1, -0.05) is 30.3 Å². The molecule has 3 rings (SSSR count). The lowest BCUT2D eigenvalue weighted by Gasteiger charge is -2.40. The molecule has 114 valence electrons. The van der Waals surface area contributed by atoms with Crippen molar-refractivity contribution in [3.8, 4) is 5.75 Å². The number of rotatable bonds is 6. The van der Waals surface area contributed by atoms with Gasteiger partial charge in [-0.25, -0.2) is 0 Å². The van der Waals surface area contributed by atoms with Gasteiger partial charge in [-0.15, -0.1) is 11.8 Å². The van der Waals surface area contributed by atoms with Crippen molar-refractivity contribution in [3.63, 3.8) is 0 Å². The number of benzene rings is 2. The molecule has 1 aliphatic rings. The van der Waals surface area contributed by atoms with Gasteiger partial charge in [0.25, 0.3) is 0 Å². The standard InChI is InChI=1S/C18H19NO2S/c1-21-16-9-7-14(8-10-16)12-19-15(11-18(19)20)13-22-17-5-3-2-4-6-17/h2-10,15H,11-13H2,1H3/t15-/m0/s1. The molecule has 0 saturated carbocycles. The van der Waals surface area contributed by atoms with Crippen molar-refractivity contribution in [3.05, 3.63) is 60.2 Å². The molecular weight excluding hydrogens is 294 g/mol. The topological polar surface area (TPSA) is 29.5 Å². The molecule has 4 heteroatoms. The maximum absolute atomic E-state index is 11.9. The van der Waals surface area contributed by atoms with Crippen LogP contribution in [-0.4, -0.2) is 29.7 Å². The van der Waals surface area contributed by atoms with Gasteiger partial charge >= 0.3 is 0 Å². The molecule has 1 atom stereocenters. The fourth-order valence-corrected chi connectivity index (χ4v) is 3.56. The first-order valence-electron chi connectivity index (χ1n) is 7.36. The van der Waals surface area contributed by atoms with Crippen LogP contribution in [0.4, 0.5) is 0 Å². The second kappa shape index (κ2) is 6.88. The smallest absolute Gasteiger partial charge is 0.225 e. The summed E-state index contributed by atoms with van der Waals surface area (Å²) in [5.74, 6) is 2.04. The van der Waals surface area contributed by atoms with E-state index in [-0.39, 0.29) is 5.91 Å². The van der Waals surface area contributed by atoms with Gasteiger partial charge in [0.2, 0.25) is 5.91 Å². The summed E-state index contributed by atoms with van der Waals surface area (Å²) in [5, 5.41) is 0. The molecule has 0 N–H and O–H groups in total. The Hall–Kier alpha value is -1.94. The lowest BCUT2D eigenvalue weighted by Crippen LogP contribution is -2.53. The van der Waals surface area contributed by atoms with E-state index in [1.807, 2.05) is 59.1 Å². The fourth-order valence-electron chi connectivity index (χ4n) is 2.52. The van der Waals surface area contributed by atoms with Crippen molar-refractivity contribution < 1.29 is 9.53 Å².